The second-order valence-electron chi connectivity index (χ2n) is 6.72. The number of nitrogens with one attached hydrogen (secondary N) is 1. The van der Waals surface area contributed by atoms with E-state index in [4.69, 9.17) is 4.42 Å². The van der Waals surface area contributed by atoms with Crippen molar-refractivity contribution in [1.29, 1.82) is 0 Å². The highest BCUT2D eigenvalue weighted by molar-refractivity contribution is 7.99. The fraction of sp³-hybridized carbons (Fsp3) is 0.0435. The first-order valence-electron chi connectivity index (χ1n) is 9.71. The molecule has 0 aliphatic carbocycles. The first kappa shape index (κ1) is 21.9. The van der Waals surface area contributed by atoms with Crippen LogP contribution in [0.4, 0.5) is 11.4 Å². The van der Waals surface area contributed by atoms with Crippen LogP contribution in [0.2, 0.25) is 0 Å². The number of benzene rings is 3. The zero-order chi connectivity index (χ0) is 23.2. The number of thioether (sulfide) groups is 1. The van der Waals surface area contributed by atoms with Gasteiger partial charge in [-0.05, 0) is 18.2 Å². The maximum absolute atomic E-state index is 12.8. The van der Waals surface area contributed by atoms with Crippen molar-refractivity contribution < 1.29 is 18.9 Å². The smallest absolute Gasteiger partial charge is 0.282 e. The van der Waals surface area contributed by atoms with Gasteiger partial charge in [0.1, 0.15) is 5.56 Å². The van der Waals surface area contributed by atoms with E-state index in [0.717, 1.165) is 11.8 Å². The predicted molar refractivity (Wildman–Crippen MR) is 122 cm³/mol. The number of carbonyl (C=O) groups is 2. The van der Waals surface area contributed by atoms with E-state index in [9.17, 15) is 19.7 Å². The number of para-hydroxylation sites is 2. The van der Waals surface area contributed by atoms with Crippen LogP contribution in [0.5, 0.6) is 0 Å². The fourth-order valence-corrected chi connectivity index (χ4v) is 3.60. The van der Waals surface area contributed by atoms with E-state index in [1.165, 1.54) is 12.1 Å². The molecule has 0 spiro atoms. The van der Waals surface area contributed by atoms with E-state index in [0.29, 0.717) is 16.8 Å². The number of carbonyl (C=O) groups excluding carboxylic acids is 2. The number of aromatic nitrogens is 2. The van der Waals surface area contributed by atoms with Crippen LogP contribution in [0, 0.1) is 10.1 Å². The molecule has 0 aliphatic rings. The van der Waals surface area contributed by atoms with Gasteiger partial charge in [-0.1, -0.05) is 66.4 Å². The number of nitro benzene ring substituents is 1. The lowest BCUT2D eigenvalue weighted by molar-refractivity contribution is -0.384. The average molecular weight is 460 g/mol. The Kier molecular flexibility index (Phi) is 6.56. The standard InChI is InChI=1S/C23H16N4O5S/c28-20(24-18-12-6-4-10-16(18)21(29)15-8-2-1-3-9-15)14-33-23-26-25-22(32-23)17-11-5-7-13-19(17)27(30)31/h1-13H,14H2,(H,24,28). The summed E-state index contributed by atoms with van der Waals surface area (Å²) in [5.74, 6) is -0.653. The minimum Gasteiger partial charge on any atom is -0.411 e. The van der Waals surface area contributed by atoms with Gasteiger partial charge < -0.3 is 9.73 Å². The summed E-state index contributed by atoms with van der Waals surface area (Å²) in [6.07, 6.45) is 0. The SMILES string of the molecule is O=C(CSc1nnc(-c2ccccc2[N+](=O)[O-])o1)Nc1ccccc1C(=O)c1ccccc1. The summed E-state index contributed by atoms with van der Waals surface area (Å²) in [6, 6.07) is 21.5. The lowest BCUT2D eigenvalue weighted by atomic mass is 10.0. The third-order valence-electron chi connectivity index (χ3n) is 4.55. The topological polar surface area (TPSA) is 128 Å². The first-order chi connectivity index (χ1) is 16.0. The van der Waals surface area contributed by atoms with Gasteiger partial charge in [0.05, 0.1) is 16.4 Å². The van der Waals surface area contributed by atoms with Crippen molar-refractivity contribution in [3.05, 3.63) is 100 Å². The van der Waals surface area contributed by atoms with Gasteiger partial charge in [0.25, 0.3) is 16.8 Å². The Bertz CT molecular complexity index is 1320. The molecule has 0 bridgehead atoms. The summed E-state index contributed by atoms with van der Waals surface area (Å²) in [4.78, 5) is 36.0. The van der Waals surface area contributed by atoms with Gasteiger partial charge in [0.15, 0.2) is 5.78 Å². The molecule has 0 unspecified atom stereocenters. The van der Waals surface area contributed by atoms with Crippen LogP contribution in [0.3, 0.4) is 0 Å². The second kappa shape index (κ2) is 9.88. The van der Waals surface area contributed by atoms with Gasteiger partial charge in [-0.15, -0.1) is 10.2 Å². The van der Waals surface area contributed by atoms with Crippen LogP contribution in [0.1, 0.15) is 15.9 Å². The number of ketones is 1. The molecule has 10 heteroatoms. The normalized spacial score (nSPS) is 10.5. The Labute approximate surface area is 192 Å². The molecule has 0 saturated heterocycles. The molecule has 9 nitrogen and oxygen atoms in total. The van der Waals surface area contributed by atoms with Crippen LogP contribution in [-0.4, -0.2) is 32.6 Å². The number of amides is 1. The molecule has 0 saturated carbocycles. The first-order valence-corrected chi connectivity index (χ1v) is 10.7. The van der Waals surface area contributed by atoms with Gasteiger partial charge in [-0.3, -0.25) is 19.7 Å². The van der Waals surface area contributed by atoms with Crippen LogP contribution >= 0.6 is 11.8 Å². The Morgan fingerprint density at radius 2 is 1.64 bits per heavy atom. The predicted octanol–water partition coefficient (Wildman–Crippen LogP) is 4.61. The summed E-state index contributed by atoms with van der Waals surface area (Å²) in [6.45, 7) is 0. The minimum atomic E-state index is -0.534. The van der Waals surface area contributed by atoms with Crippen LogP contribution in [0.15, 0.2) is 88.5 Å². The number of nitrogens with zero attached hydrogens (tertiary/aromatic N) is 3. The van der Waals surface area contributed by atoms with Crippen molar-refractivity contribution in [2.75, 3.05) is 11.1 Å². The van der Waals surface area contributed by atoms with E-state index in [2.05, 4.69) is 15.5 Å². The Balaban J connectivity index is 1.43. The third-order valence-corrected chi connectivity index (χ3v) is 5.36. The van der Waals surface area contributed by atoms with Gasteiger partial charge >= 0.3 is 0 Å². The second-order valence-corrected chi connectivity index (χ2v) is 7.65. The average Bonchev–Trinajstić information content (AvgIpc) is 3.32. The van der Waals surface area contributed by atoms with E-state index in [1.807, 2.05) is 6.07 Å². The molecule has 1 aromatic heterocycles. The van der Waals surface area contributed by atoms with Gasteiger partial charge in [-0.25, -0.2) is 0 Å². The highest BCUT2D eigenvalue weighted by atomic mass is 32.2. The number of nitro groups is 1. The molecule has 1 heterocycles. The quantitative estimate of drug-likeness (QED) is 0.175. The van der Waals surface area contributed by atoms with Crippen molar-refractivity contribution >= 4 is 34.8 Å². The molecular weight excluding hydrogens is 444 g/mol. The Morgan fingerprint density at radius 1 is 0.939 bits per heavy atom. The molecule has 1 amide bonds. The van der Waals surface area contributed by atoms with E-state index < -0.39 is 4.92 Å². The zero-order valence-corrected chi connectivity index (χ0v) is 17.8. The Morgan fingerprint density at radius 3 is 2.42 bits per heavy atom. The van der Waals surface area contributed by atoms with Crippen molar-refractivity contribution in [3.8, 4) is 11.5 Å². The molecule has 3 aromatic carbocycles. The zero-order valence-electron chi connectivity index (χ0n) is 17.0. The molecule has 0 aliphatic heterocycles. The van der Waals surface area contributed by atoms with Crippen molar-refractivity contribution in [2.24, 2.45) is 0 Å². The van der Waals surface area contributed by atoms with Crippen LogP contribution < -0.4 is 5.32 Å². The number of anilines is 1. The van der Waals surface area contributed by atoms with E-state index in [1.54, 1.807) is 60.7 Å². The third kappa shape index (κ3) is 5.13. The summed E-state index contributed by atoms with van der Waals surface area (Å²) in [5, 5.41) is 21.7. The highest BCUT2D eigenvalue weighted by Crippen LogP contribution is 2.30. The van der Waals surface area contributed by atoms with Crippen LogP contribution in [0.25, 0.3) is 11.5 Å². The maximum atomic E-state index is 12.8. The van der Waals surface area contributed by atoms with E-state index in [-0.39, 0.29) is 39.8 Å². The molecule has 0 radical (unpaired) electrons. The number of rotatable bonds is 8. The van der Waals surface area contributed by atoms with Gasteiger partial charge in [0.2, 0.25) is 5.91 Å². The molecule has 0 atom stereocenters. The van der Waals surface area contributed by atoms with Gasteiger partial charge in [0, 0.05) is 17.2 Å². The van der Waals surface area contributed by atoms with Crippen molar-refractivity contribution in [3.63, 3.8) is 0 Å². The maximum Gasteiger partial charge on any atom is 0.282 e. The van der Waals surface area contributed by atoms with Crippen molar-refractivity contribution in [1.82, 2.24) is 10.2 Å². The Hall–Kier alpha value is -4.31. The largest absolute Gasteiger partial charge is 0.411 e. The summed E-state index contributed by atoms with van der Waals surface area (Å²) in [7, 11) is 0. The van der Waals surface area contributed by atoms with Crippen molar-refractivity contribution in [2.45, 2.75) is 5.22 Å². The summed E-state index contributed by atoms with van der Waals surface area (Å²) < 4.78 is 5.48. The molecular formula is C23H16N4O5S. The van der Waals surface area contributed by atoms with E-state index >= 15 is 0 Å². The molecule has 33 heavy (non-hydrogen) atoms. The summed E-state index contributed by atoms with van der Waals surface area (Å²) >= 11 is 0.981. The molecule has 1 N–H and O–H groups in total. The minimum absolute atomic E-state index is 0.0102. The molecule has 164 valence electrons. The highest BCUT2D eigenvalue weighted by Gasteiger charge is 2.20. The lowest BCUT2D eigenvalue weighted by Gasteiger charge is -2.10. The lowest BCUT2D eigenvalue weighted by Crippen LogP contribution is -2.17. The molecule has 4 rings (SSSR count). The number of hydrogen-bond donors (Lipinski definition) is 1. The molecule has 0 fully saturated rings. The molecule has 4 aromatic rings. The van der Waals surface area contributed by atoms with Crippen LogP contribution in [-0.2, 0) is 4.79 Å². The number of hydrogen-bond acceptors (Lipinski definition) is 8. The van der Waals surface area contributed by atoms with Gasteiger partial charge in [-0.2, -0.15) is 0 Å². The fourth-order valence-electron chi connectivity index (χ4n) is 3.04. The monoisotopic (exact) mass is 460 g/mol. The summed E-state index contributed by atoms with van der Waals surface area (Å²) in [5.41, 5.74) is 1.32.